The van der Waals surface area contributed by atoms with Crippen molar-refractivity contribution in [2.45, 2.75) is 27.2 Å². The van der Waals surface area contributed by atoms with Gasteiger partial charge in [0, 0.05) is 5.75 Å². The van der Waals surface area contributed by atoms with E-state index in [0.29, 0.717) is 6.42 Å². The fourth-order valence-corrected chi connectivity index (χ4v) is 1.29. The Morgan fingerprint density at radius 1 is 1.00 bits per heavy atom. The summed E-state index contributed by atoms with van der Waals surface area (Å²) in [6.07, 6.45) is 0.429. The minimum Gasteiger partial charge on any atom is -0.748 e. The van der Waals surface area contributed by atoms with Crippen molar-refractivity contribution in [2.75, 3.05) is 5.75 Å². The molecule has 0 radical (unpaired) electrons. The van der Waals surface area contributed by atoms with Crippen LogP contribution in [-0.2, 0) is 20.5 Å². The van der Waals surface area contributed by atoms with E-state index in [1.807, 2.05) is 20.8 Å². The monoisotopic (exact) mass is 298 g/mol. The van der Waals surface area contributed by atoms with E-state index in [2.05, 4.69) is 0 Å². The summed E-state index contributed by atoms with van der Waals surface area (Å²) >= 11 is 0. The zero-order chi connectivity index (χ0) is 12.9. The van der Waals surface area contributed by atoms with Crippen LogP contribution < -0.4 is 12.3 Å². The van der Waals surface area contributed by atoms with Gasteiger partial charge in [0.15, 0.2) is 0 Å². The average molecular weight is 298 g/mol. The van der Waals surface area contributed by atoms with Crippen LogP contribution in [0.2, 0.25) is 0 Å². The first-order valence-electron chi connectivity index (χ1n) is 3.82. The minimum atomic E-state index is -4.92. The van der Waals surface area contributed by atoms with E-state index in [0.717, 1.165) is 0 Å². The molecule has 0 bridgehead atoms. The average Bonchev–Trinajstić information content (AvgIpc) is 1.76. The first kappa shape index (κ1) is 25.5. The third kappa shape index (κ3) is 65.6. The molecule has 0 aliphatic rings. The normalized spacial score (nSPS) is 11.4. The Bertz CT molecular complexity index is 360. The van der Waals surface area contributed by atoms with Crippen LogP contribution in [0.25, 0.3) is 0 Å². The van der Waals surface area contributed by atoms with E-state index in [1.165, 1.54) is 0 Å². The fraction of sp³-hybridized carbons (Fsp3) is 1.00. The Morgan fingerprint density at radius 2 is 1.24 bits per heavy atom. The maximum atomic E-state index is 10.1. The van der Waals surface area contributed by atoms with Crippen LogP contribution in [0.4, 0.5) is 0 Å². The van der Waals surface area contributed by atoms with Gasteiger partial charge in [-0.15, -0.1) is 0 Å². The van der Waals surface area contributed by atoms with Crippen LogP contribution in [0.1, 0.15) is 27.2 Å². The molecule has 0 fully saturated rings. The van der Waals surface area contributed by atoms with E-state index in [1.54, 1.807) is 0 Å². The topological polar surface area (TPSA) is 208 Å². The molecule has 11 heteroatoms. The highest BCUT2D eigenvalue weighted by molar-refractivity contribution is 7.85. The molecule has 9 N–H and O–H groups in total. The summed E-state index contributed by atoms with van der Waals surface area (Å²) < 4.78 is 63.2. The highest BCUT2D eigenvalue weighted by atomic mass is 32.3. The van der Waals surface area contributed by atoms with Crippen molar-refractivity contribution in [3.05, 3.63) is 0 Å². The van der Waals surface area contributed by atoms with Crippen molar-refractivity contribution < 1.29 is 30.5 Å². The summed E-state index contributed by atoms with van der Waals surface area (Å²) in [7, 11) is -8.92. The lowest BCUT2D eigenvalue weighted by atomic mass is 9.94. The molecule has 17 heavy (non-hydrogen) atoms. The van der Waals surface area contributed by atoms with Crippen LogP contribution in [-0.4, -0.2) is 36.2 Å². The third-order valence-electron chi connectivity index (χ3n) is 1.10. The van der Waals surface area contributed by atoms with Gasteiger partial charge in [0.25, 0.3) is 0 Å². The van der Waals surface area contributed by atoms with Gasteiger partial charge in [-0.1, -0.05) is 20.8 Å². The zero-order valence-corrected chi connectivity index (χ0v) is 12.3. The van der Waals surface area contributed by atoms with Gasteiger partial charge in [-0.05, 0) is 11.8 Å². The lowest BCUT2D eigenvalue weighted by molar-refractivity contribution is 0.366. The van der Waals surface area contributed by atoms with Crippen LogP contribution in [0.5, 0.6) is 0 Å². The van der Waals surface area contributed by atoms with Gasteiger partial charge in [-0.25, -0.2) is 16.8 Å². The second-order valence-corrected chi connectivity index (χ2v) is 6.38. The summed E-state index contributed by atoms with van der Waals surface area (Å²) in [6.45, 7) is 5.70. The second-order valence-electron chi connectivity index (χ2n) is 4.00. The summed E-state index contributed by atoms with van der Waals surface area (Å²) in [5.74, 6) is -0.253. The van der Waals surface area contributed by atoms with E-state index in [4.69, 9.17) is 17.5 Å². The number of hydrogen-bond acceptors (Lipinski definition) is 6. The quantitative estimate of drug-likeness (QED) is 0.490. The molecule has 0 rings (SSSR count). The largest absolute Gasteiger partial charge is 0.748 e. The van der Waals surface area contributed by atoms with Crippen molar-refractivity contribution in [1.29, 1.82) is 0 Å². The standard InChI is InChI=1S/C6H14O3S.2H3N.H2O4S/c1-6(2,3)4-5-10(7,8)9;;;1-5(2,3)4/h4-5H2,1-3H3,(H,7,8,9);2*1H3;(H2,1,2,3,4). The Morgan fingerprint density at radius 3 is 1.29 bits per heavy atom. The van der Waals surface area contributed by atoms with Crippen molar-refractivity contribution >= 4 is 20.5 Å². The number of quaternary nitrogens is 2. The van der Waals surface area contributed by atoms with Crippen LogP contribution >= 0.6 is 0 Å². The van der Waals surface area contributed by atoms with E-state index < -0.39 is 20.5 Å². The van der Waals surface area contributed by atoms with Gasteiger partial charge in [0.1, 0.15) is 0 Å². The second kappa shape index (κ2) is 8.74. The molecule has 9 nitrogen and oxygen atoms in total. The van der Waals surface area contributed by atoms with Gasteiger partial charge in [0.2, 0.25) is 10.4 Å². The first-order chi connectivity index (χ1) is 6.21. The van der Waals surface area contributed by atoms with Gasteiger partial charge in [-0.3, -0.25) is 4.55 Å². The van der Waals surface area contributed by atoms with E-state index in [-0.39, 0.29) is 23.5 Å². The molecule has 0 amide bonds. The molecule has 0 aromatic heterocycles. The molecule has 0 unspecified atom stereocenters. The van der Waals surface area contributed by atoms with Gasteiger partial charge < -0.3 is 21.4 Å². The van der Waals surface area contributed by atoms with Crippen LogP contribution in [0.15, 0.2) is 0 Å². The number of hydrogen-bond donors (Lipinski definition) is 3. The van der Waals surface area contributed by atoms with Gasteiger partial charge >= 0.3 is 0 Å². The Balaban J connectivity index is -0.000000105. The molecule has 0 aromatic rings. The van der Waals surface area contributed by atoms with Crippen LogP contribution in [0.3, 0.4) is 0 Å². The maximum Gasteiger partial charge on any atom is 0.215 e. The predicted octanol–water partition coefficient (Wildman–Crippen LogP) is 0.725. The van der Waals surface area contributed by atoms with Crippen molar-refractivity contribution in [1.82, 2.24) is 12.3 Å². The molecular formula is C6H22N2O7S2. The van der Waals surface area contributed by atoms with E-state index in [9.17, 15) is 13.0 Å². The number of rotatable bonds is 2. The Hall–Kier alpha value is -0.300. The predicted molar refractivity (Wildman–Crippen MR) is 62.9 cm³/mol. The molecule has 0 spiro atoms. The maximum absolute atomic E-state index is 10.1. The highest BCUT2D eigenvalue weighted by Gasteiger charge is 2.11. The lowest BCUT2D eigenvalue weighted by Gasteiger charge is -2.18. The lowest BCUT2D eigenvalue weighted by Crippen LogP contribution is -2.13. The van der Waals surface area contributed by atoms with Crippen molar-refractivity contribution in [3.63, 3.8) is 0 Å². The SMILES string of the molecule is CC(C)(C)CCS(=O)(=O)[O-].O=S(=O)([O-])O.[NH4+].[NH4+]. The Kier molecular flexibility index (Phi) is 13.1. The Labute approximate surface area is 102 Å². The molecule has 0 aliphatic heterocycles. The van der Waals surface area contributed by atoms with Gasteiger partial charge in [-0.2, -0.15) is 0 Å². The molecule has 0 saturated carbocycles. The van der Waals surface area contributed by atoms with Crippen molar-refractivity contribution in [2.24, 2.45) is 5.41 Å². The van der Waals surface area contributed by atoms with E-state index >= 15 is 0 Å². The summed E-state index contributed by atoms with van der Waals surface area (Å²) in [5, 5.41) is 0. The smallest absolute Gasteiger partial charge is 0.215 e. The summed E-state index contributed by atoms with van der Waals surface area (Å²) in [5.41, 5.74) is -0.0719. The molecule has 0 aromatic carbocycles. The summed E-state index contributed by atoms with van der Waals surface area (Å²) in [4.78, 5) is 0. The third-order valence-corrected chi connectivity index (χ3v) is 1.81. The highest BCUT2D eigenvalue weighted by Crippen LogP contribution is 2.18. The summed E-state index contributed by atoms with van der Waals surface area (Å²) in [6, 6.07) is 0. The molecule has 110 valence electrons. The molecule has 0 saturated heterocycles. The molecule has 0 atom stereocenters. The van der Waals surface area contributed by atoms with Crippen molar-refractivity contribution in [3.8, 4) is 0 Å². The van der Waals surface area contributed by atoms with Crippen LogP contribution in [0, 0.1) is 5.41 Å². The van der Waals surface area contributed by atoms with Gasteiger partial charge in [0.05, 0.1) is 10.1 Å². The molecule has 0 aliphatic carbocycles. The fourth-order valence-electron chi connectivity index (χ4n) is 0.431. The zero-order valence-electron chi connectivity index (χ0n) is 10.6. The minimum absolute atomic E-state index is 0. The first-order valence-corrected chi connectivity index (χ1v) is 6.77. The molecular weight excluding hydrogens is 276 g/mol. The molecule has 0 heterocycles.